The molecule has 2 rings (SSSR count). The molecule has 0 radical (unpaired) electrons. The van der Waals surface area contributed by atoms with Crippen molar-refractivity contribution < 1.29 is 9.21 Å². The smallest absolute Gasteiger partial charge is 0.315 e. The maximum absolute atomic E-state index is 11.7. The van der Waals surface area contributed by atoms with Crippen LogP contribution in [0.15, 0.2) is 28.2 Å². The molecule has 0 saturated heterocycles. The van der Waals surface area contributed by atoms with Gasteiger partial charge in [-0.2, -0.15) is 0 Å². The van der Waals surface area contributed by atoms with Crippen LogP contribution in [0.4, 0.5) is 4.79 Å². The van der Waals surface area contributed by atoms with Crippen LogP contribution in [-0.2, 0) is 13.0 Å². The molecule has 19 heavy (non-hydrogen) atoms. The number of carbonyl (C=O) groups excluding carboxylic acids is 1. The molecule has 2 aromatic rings. The van der Waals surface area contributed by atoms with Crippen LogP contribution < -0.4 is 10.6 Å². The zero-order valence-corrected chi connectivity index (χ0v) is 11.8. The number of nitrogens with one attached hydrogen (secondary N) is 2. The van der Waals surface area contributed by atoms with Crippen molar-refractivity contribution in [2.45, 2.75) is 32.9 Å². The molecule has 1 unspecified atom stereocenters. The van der Waals surface area contributed by atoms with Crippen LogP contribution in [0.2, 0.25) is 0 Å². The molecular formula is C13H17N3O2S. The zero-order chi connectivity index (χ0) is 13.7. The van der Waals surface area contributed by atoms with Crippen molar-refractivity contribution in [2.75, 3.05) is 0 Å². The van der Waals surface area contributed by atoms with Crippen LogP contribution in [0.3, 0.4) is 0 Å². The molecule has 2 heterocycles. The van der Waals surface area contributed by atoms with Gasteiger partial charge in [0.2, 0.25) is 0 Å². The normalized spacial score (nSPS) is 12.1. The first-order valence-corrected chi connectivity index (χ1v) is 6.99. The van der Waals surface area contributed by atoms with E-state index in [1.165, 1.54) is 0 Å². The number of nitrogens with zero attached hydrogens (tertiary/aromatic N) is 1. The van der Waals surface area contributed by atoms with E-state index >= 15 is 0 Å². The largest absolute Gasteiger partial charge is 0.469 e. The maximum atomic E-state index is 11.7. The topological polar surface area (TPSA) is 67.2 Å². The molecule has 102 valence electrons. The second kappa shape index (κ2) is 6.38. The SMILES string of the molecule is Cc1nc(CNC(=O)NC(C)Cc2ccco2)cs1. The molecule has 1 atom stereocenters. The van der Waals surface area contributed by atoms with Gasteiger partial charge in [-0.15, -0.1) is 11.3 Å². The van der Waals surface area contributed by atoms with Crippen LogP contribution in [0.5, 0.6) is 0 Å². The molecule has 0 aliphatic heterocycles. The summed E-state index contributed by atoms with van der Waals surface area (Å²) in [5.41, 5.74) is 0.885. The molecule has 0 aromatic carbocycles. The number of hydrogen-bond acceptors (Lipinski definition) is 4. The molecule has 0 aliphatic carbocycles. The highest BCUT2D eigenvalue weighted by Gasteiger charge is 2.09. The Hall–Kier alpha value is -1.82. The van der Waals surface area contributed by atoms with Gasteiger partial charge in [0.25, 0.3) is 0 Å². The first kappa shape index (κ1) is 13.6. The lowest BCUT2D eigenvalue weighted by Crippen LogP contribution is -2.41. The van der Waals surface area contributed by atoms with Crippen LogP contribution >= 0.6 is 11.3 Å². The average Bonchev–Trinajstić information content (AvgIpc) is 2.98. The zero-order valence-electron chi connectivity index (χ0n) is 11.0. The van der Waals surface area contributed by atoms with Crippen molar-refractivity contribution in [3.8, 4) is 0 Å². The number of urea groups is 1. The first-order valence-electron chi connectivity index (χ1n) is 6.11. The van der Waals surface area contributed by atoms with E-state index in [1.54, 1.807) is 17.6 Å². The Morgan fingerprint density at radius 3 is 3.05 bits per heavy atom. The minimum Gasteiger partial charge on any atom is -0.469 e. The number of hydrogen-bond donors (Lipinski definition) is 2. The molecule has 5 nitrogen and oxygen atoms in total. The highest BCUT2D eigenvalue weighted by atomic mass is 32.1. The standard InChI is InChI=1S/C13H17N3O2S/c1-9(6-12-4-3-5-18-12)15-13(17)14-7-11-8-19-10(2)16-11/h3-5,8-9H,6-7H2,1-2H3,(H2,14,15,17). The molecule has 0 fully saturated rings. The molecule has 2 aromatic heterocycles. The minimum absolute atomic E-state index is 0.0170. The minimum atomic E-state index is -0.190. The predicted octanol–water partition coefficient (Wildman–Crippen LogP) is 2.47. The first-order chi connectivity index (χ1) is 9.13. The number of thiazole rings is 1. The molecular weight excluding hydrogens is 262 g/mol. The van der Waals surface area contributed by atoms with Gasteiger partial charge in [0, 0.05) is 17.8 Å². The number of rotatable bonds is 5. The van der Waals surface area contributed by atoms with Crippen molar-refractivity contribution in [3.63, 3.8) is 0 Å². The van der Waals surface area contributed by atoms with Gasteiger partial charge in [-0.3, -0.25) is 0 Å². The van der Waals surface area contributed by atoms with Crippen molar-refractivity contribution in [3.05, 3.63) is 40.2 Å². The Morgan fingerprint density at radius 2 is 2.42 bits per heavy atom. The fourth-order valence-corrected chi connectivity index (χ4v) is 2.33. The van der Waals surface area contributed by atoms with Gasteiger partial charge in [0.05, 0.1) is 23.5 Å². The summed E-state index contributed by atoms with van der Waals surface area (Å²) in [5.74, 6) is 0.864. The third-order valence-corrected chi connectivity index (χ3v) is 3.38. The van der Waals surface area contributed by atoms with E-state index < -0.39 is 0 Å². The van der Waals surface area contributed by atoms with Gasteiger partial charge in [-0.25, -0.2) is 9.78 Å². The Morgan fingerprint density at radius 1 is 1.58 bits per heavy atom. The summed E-state index contributed by atoms with van der Waals surface area (Å²) in [6, 6.07) is 3.56. The molecule has 6 heteroatoms. The average molecular weight is 279 g/mol. The van der Waals surface area contributed by atoms with Crippen LogP contribution in [0, 0.1) is 6.92 Å². The van der Waals surface area contributed by atoms with Gasteiger partial charge in [0.1, 0.15) is 5.76 Å². The second-order valence-electron chi connectivity index (χ2n) is 4.37. The number of aromatic nitrogens is 1. The number of aryl methyl sites for hydroxylation is 1. The Kier molecular flexibility index (Phi) is 4.57. The molecule has 0 bridgehead atoms. The van der Waals surface area contributed by atoms with Crippen molar-refractivity contribution in [2.24, 2.45) is 0 Å². The van der Waals surface area contributed by atoms with Gasteiger partial charge in [-0.05, 0) is 26.0 Å². The molecule has 0 spiro atoms. The fourth-order valence-electron chi connectivity index (χ4n) is 1.72. The van der Waals surface area contributed by atoms with Gasteiger partial charge >= 0.3 is 6.03 Å². The van der Waals surface area contributed by atoms with Crippen molar-refractivity contribution in [1.82, 2.24) is 15.6 Å². The van der Waals surface area contributed by atoms with E-state index in [0.717, 1.165) is 16.5 Å². The Labute approximate surface area is 116 Å². The van der Waals surface area contributed by atoms with E-state index in [4.69, 9.17) is 4.42 Å². The van der Waals surface area contributed by atoms with E-state index in [1.807, 2.05) is 31.4 Å². The van der Waals surface area contributed by atoms with Gasteiger partial charge in [-0.1, -0.05) is 0 Å². The highest BCUT2D eigenvalue weighted by molar-refractivity contribution is 7.09. The summed E-state index contributed by atoms with van der Waals surface area (Å²) in [4.78, 5) is 16.0. The number of furan rings is 1. The third kappa shape index (κ3) is 4.40. The lowest BCUT2D eigenvalue weighted by Gasteiger charge is -2.12. The van der Waals surface area contributed by atoms with E-state index in [0.29, 0.717) is 13.0 Å². The maximum Gasteiger partial charge on any atom is 0.315 e. The van der Waals surface area contributed by atoms with Crippen LogP contribution in [0.25, 0.3) is 0 Å². The highest BCUT2D eigenvalue weighted by Crippen LogP contribution is 2.07. The number of amides is 2. The predicted molar refractivity (Wildman–Crippen MR) is 74.1 cm³/mol. The third-order valence-electron chi connectivity index (χ3n) is 2.56. The summed E-state index contributed by atoms with van der Waals surface area (Å²) < 4.78 is 5.24. The van der Waals surface area contributed by atoms with E-state index in [9.17, 15) is 4.79 Å². The monoisotopic (exact) mass is 279 g/mol. The van der Waals surface area contributed by atoms with Gasteiger partial charge < -0.3 is 15.1 Å². The van der Waals surface area contributed by atoms with Crippen LogP contribution in [-0.4, -0.2) is 17.1 Å². The number of carbonyl (C=O) groups is 1. The van der Waals surface area contributed by atoms with E-state index in [2.05, 4.69) is 15.6 Å². The Bertz CT molecular complexity index is 522. The van der Waals surface area contributed by atoms with Crippen molar-refractivity contribution >= 4 is 17.4 Å². The van der Waals surface area contributed by atoms with Gasteiger partial charge in [0.15, 0.2) is 0 Å². The molecule has 2 amide bonds. The fraction of sp³-hybridized carbons (Fsp3) is 0.385. The molecule has 0 aliphatic rings. The summed E-state index contributed by atoms with van der Waals surface area (Å²) in [5, 5.41) is 8.60. The lowest BCUT2D eigenvalue weighted by atomic mass is 10.2. The Balaban J connectivity index is 1.71. The second-order valence-corrected chi connectivity index (χ2v) is 5.43. The summed E-state index contributed by atoms with van der Waals surface area (Å²) in [6.45, 7) is 4.33. The summed E-state index contributed by atoms with van der Waals surface area (Å²) in [7, 11) is 0. The summed E-state index contributed by atoms with van der Waals surface area (Å²) in [6.07, 6.45) is 2.31. The van der Waals surface area contributed by atoms with Crippen molar-refractivity contribution in [1.29, 1.82) is 0 Å². The molecule has 2 N–H and O–H groups in total. The van der Waals surface area contributed by atoms with Crippen LogP contribution in [0.1, 0.15) is 23.4 Å². The molecule has 0 saturated carbocycles. The van der Waals surface area contributed by atoms with E-state index in [-0.39, 0.29) is 12.1 Å². The summed E-state index contributed by atoms with van der Waals surface area (Å²) >= 11 is 1.58. The lowest BCUT2D eigenvalue weighted by molar-refractivity contribution is 0.237. The quantitative estimate of drug-likeness (QED) is 0.883.